The van der Waals surface area contributed by atoms with Crippen LogP contribution in [0.1, 0.15) is 0 Å². The fourth-order valence-corrected chi connectivity index (χ4v) is 2.06. The van der Waals surface area contributed by atoms with Gasteiger partial charge in [0.2, 0.25) is 0 Å². The van der Waals surface area contributed by atoms with Gasteiger partial charge in [-0.05, 0) is 60.7 Å². The lowest BCUT2D eigenvalue weighted by molar-refractivity contribution is 0.415. The van der Waals surface area contributed by atoms with Crippen molar-refractivity contribution in [2.75, 3.05) is 12.4 Å². The Morgan fingerprint density at radius 3 is 1.74 bits per heavy atom. The number of methoxy groups -OCH3 is 1. The number of anilines is 2. The summed E-state index contributed by atoms with van der Waals surface area (Å²) in [6.45, 7) is 0. The molecule has 0 fully saturated rings. The second kappa shape index (κ2) is 7.22. The molecule has 0 aliphatic heterocycles. The van der Waals surface area contributed by atoms with Gasteiger partial charge in [0.05, 0.1) is 18.5 Å². The fraction of sp³-hybridized carbons (Fsp3) is 0.0526. The third-order valence-corrected chi connectivity index (χ3v) is 3.28. The SMILES string of the molecule is COc1ccc(Nc2ccc(N=Nc3ccccc3)cc2)cc1. The number of hydrogen-bond donors (Lipinski definition) is 1. The molecule has 0 atom stereocenters. The third-order valence-electron chi connectivity index (χ3n) is 3.28. The van der Waals surface area contributed by atoms with Gasteiger partial charge in [-0.25, -0.2) is 0 Å². The number of hydrogen-bond acceptors (Lipinski definition) is 4. The molecule has 4 heteroatoms. The zero-order chi connectivity index (χ0) is 15.9. The van der Waals surface area contributed by atoms with E-state index < -0.39 is 0 Å². The Balaban J connectivity index is 1.65. The van der Waals surface area contributed by atoms with Gasteiger partial charge in [0.25, 0.3) is 0 Å². The summed E-state index contributed by atoms with van der Waals surface area (Å²) in [5, 5.41) is 11.8. The minimum absolute atomic E-state index is 0.814. The van der Waals surface area contributed by atoms with Crippen molar-refractivity contribution < 1.29 is 4.74 Å². The van der Waals surface area contributed by atoms with Crippen molar-refractivity contribution in [2.24, 2.45) is 10.2 Å². The second-order valence-electron chi connectivity index (χ2n) is 4.94. The summed E-state index contributed by atoms with van der Waals surface area (Å²) in [7, 11) is 1.66. The maximum atomic E-state index is 5.15. The van der Waals surface area contributed by atoms with Crippen LogP contribution < -0.4 is 10.1 Å². The maximum Gasteiger partial charge on any atom is 0.119 e. The average molecular weight is 303 g/mol. The number of rotatable bonds is 5. The average Bonchev–Trinajstić information content (AvgIpc) is 2.63. The van der Waals surface area contributed by atoms with Gasteiger partial charge in [0.1, 0.15) is 5.75 Å². The Hall–Kier alpha value is -3.14. The van der Waals surface area contributed by atoms with Gasteiger partial charge in [-0.15, -0.1) is 0 Å². The van der Waals surface area contributed by atoms with E-state index in [4.69, 9.17) is 4.74 Å². The van der Waals surface area contributed by atoms with Crippen molar-refractivity contribution in [1.82, 2.24) is 0 Å². The Morgan fingerprint density at radius 2 is 1.17 bits per heavy atom. The third kappa shape index (κ3) is 4.17. The van der Waals surface area contributed by atoms with Crippen LogP contribution in [-0.2, 0) is 0 Å². The summed E-state index contributed by atoms with van der Waals surface area (Å²) in [6, 6.07) is 25.3. The van der Waals surface area contributed by atoms with Gasteiger partial charge < -0.3 is 10.1 Å². The molecule has 0 aliphatic rings. The molecule has 0 heterocycles. The molecule has 0 amide bonds. The van der Waals surface area contributed by atoms with E-state index in [0.29, 0.717) is 0 Å². The molecule has 0 aromatic heterocycles. The zero-order valence-corrected chi connectivity index (χ0v) is 12.8. The first-order valence-corrected chi connectivity index (χ1v) is 7.31. The molecule has 0 saturated carbocycles. The summed E-state index contributed by atoms with van der Waals surface area (Å²) in [4.78, 5) is 0. The van der Waals surface area contributed by atoms with Gasteiger partial charge in [-0.1, -0.05) is 18.2 Å². The van der Waals surface area contributed by atoms with Gasteiger partial charge in [-0.2, -0.15) is 10.2 Å². The quantitative estimate of drug-likeness (QED) is 0.600. The Morgan fingerprint density at radius 1 is 0.652 bits per heavy atom. The zero-order valence-electron chi connectivity index (χ0n) is 12.8. The Kier molecular flexibility index (Phi) is 4.64. The number of benzene rings is 3. The number of ether oxygens (including phenoxy) is 1. The second-order valence-corrected chi connectivity index (χ2v) is 4.94. The van der Waals surface area contributed by atoms with Crippen LogP contribution in [0.2, 0.25) is 0 Å². The molecule has 23 heavy (non-hydrogen) atoms. The smallest absolute Gasteiger partial charge is 0.119 e. The van der Waals surface area contributed by atoms with Crippen LogP contribution in [0.5, 0.6) is 5.75 Å². The fourth-order valence-electron chi connectivity index (χ4n) is 2.06. The molecule has 0 radical (unpaired) electrons. The van der Waals surface area contributed by atoms with Crippen LogP contribution in [0, 0.1) is 0 Å². The van der Waals surface area contributed by atoms with E-state index in [1.54, 1.807) is 7.11 Å². The van der Waals surface area contributed by atoms with E-state index in [-0.39, 0.29) is 0 Å². The molecule has 3 aromatic rings. The first-order valence-electron chi connectivity index (χ1n) is 7.31. The Labute approximate surface area is 135 Å². The van der Waals surface area contributed by atoms with E-state index in [2.05, 4.69) is 15.5 Å². The topological polar surface area (TPSA) is 46.0 Å². The molecule has 4 nitrogen and oxygen atoms in total. The lowest BCUT2D eigenvalue weighted by atomic mass is 10.2. The summed E-state index contributed by atoms with van der Waals surface area (Å²) in [5.41, 5.74) is 3.65. The van der Waals surface area contributed by atoms with Crippen molar-refractivity contribution in [3.63, 3.8) is 0 Å². The van der Waals surface area contributed by atoms with Crippen LogP contribution in [-0.4, -0.2) is 7.11 Å². The first kappa shape index (κ1) is 14.8. The molecular weight excluding hydrogens is 286 g/mol. The molecule has 0 aliphatic carbocycles. The monoisotopic (exact) mass is 303 g/mol. The van der Waals surface area contributed by atoms with E-state index >= 15 is 0 Å². The lowest BCUT2D eigenvalue weighted by Gasteiger charge is -2.07. The molecular formula is C19H17N3O. The number of nitrogens with zero attached hydrogens (tertiary/aromatic N) is 2. The normalized spacial score (nSPS) is 10.7. The molecule has 0 bridgehead atoms. The molecule has 0 unspecified atom stereocenters. The van der Waals surface area contributed by atoms with Crippen molar-refractivity contribution in [2.45, 2.75) is 0 Å². The minimum atomic E-state index is 0.814. The molecule has 0 spiro atoms. The largest absolute Gasteiger partial charge is 0.497 e. The van der Waals surface area contributed by atoms with E-state index in [9.17, 15) is 0 Å². The highest BCUT2D eigenvalue weighted by atomic mass is 16.5. The summed E-state index contributed by atoms with van der Waals surface area (Å²) < 4.78 is 5.15. The lowest BCUT2D eigenvalue weighted by Crippen LogP contribution is -1.89. The highest BCUT2D eigenvalue weighted by Gasteiger charge is 1.97. The predicted molar refractivity (Wildman–Crippen MR) is 93.3 cm³/mol. The van der Waals surface area contributed by atoms with Crippen LogP contribution in [0.4, 0.5) is 22.7 Å². The van der Waals surface area contributed by atoms with Crippen LogP contribution in [0.15, 0.2) is 89.1 Å². The highest BCUT2D eigenvalue weighted by Crippen LogP contribution is 2.23. The summed E-state index contributed by atoms with van der Waals surface area (Å²) in [6.07, 6.45) is 0. The van der Waals surface area contributed by atoms with E-state index in [0.717, 1.165) is 28.5 Å². The predicted octanol–water partition coefficient (Wildman–Crippen LogP) is 5.85. The standard InChI is InChI=1S/C19H17N3O/c1-23-19-13-11-16(12-14-19)20-15-7-9-18(10-8-15)22-21-17-5-3-2-4-6-17/h2-14,20H,1H3. The van der Waals surface area contributed by atoms with Crippen LogP contribution in [0.25, 0.3) is 0 Å². The molecule has 1 N–H and O–H groups in total. The van der Waals surface area contributed by atoms with Crippen molar-refractivity contribution in [1.29, 1.82) is 0 Å². The Bertz CT molecular complexity index is 766. The van der Waals surface area contributed by atoms with Crippen molar-refractivity contribution >= 4 is 22.7 Å². The molecule has 3 aromatic carbocycles. The van der Waals surface area contributed by atoms with Gasteiger partial charge in [0, 0.05) is 11.4 Å². The highest BCUT2D eigenvalue weighted by molar-refractivity contribution is 5.62. The molecule has 3 rings (SSSR count). The minimum Gasteiger partial charge on any atom is -0.497 e. The number of azo groups is 1. The van der Waals surface area contributed by atoms with Crippen LogP contribution in [0.3, 0.4) is 0 Å². The first-order chi connectivity index (χ1) is 11.3. The van der Waals surface area contributed by atoms with Gasteiger partial charge in [0.15, 0.2) is 0 Å². The molecule has 114 valence electrons. The van der Waals surface area contributed by atoms with Crippen LogP contribution >= 0.6 is 0 Å². The van der Waals surface area contributed by atoms with Crippen molar-refractivity contribution in [3.8, 4) is 5.75 Å². The van der Waals surface area contributed by atoms with Crippen molar-refractivity contribution in [3.05, 3.63) is 78.9 Å². The van der Waals surface area contributed by atoms with Gasteiger partial charge >= 0.3 is 0 Å². The summed E-state index contributed by atoms with van der Waals surface area (Å²) >= 11 is 0. The maximum absolute atomic E-state index is 5.15. The summed E-state index contributed by atoms with van der Waals surface area (Å²) in [5.74, 6) is 0.840. The van der Waals surface area contributed by atoms with E-state index in [1.165, 1.54) is 0 Å². The van der Waals surface area contributed by atoms with E-state index in [1.807, 2.05) is 78.9 Å². The molecule has 0 saturated heterocycles. The number of nitrogens with one attached hydrogen (secondary N) is 1. The van der Waals surface area contributed by atoms with Gasteiger partial charge in [-0.3, -0.25) is 0 Å².